The van der Waals surface area contributed by atoms with E-state index in [0.29, 0.717) is 11.3 Å². The topological polar surface area (TPSA) is 75.6 Å². The van der Waals surface area contributed by atoms with Gasteiger partial charge in [-0.25, -0.2) is 4.79 Å². The van der Waals surface area contributed by atoms with E-state index in [1.165, 1.54) is 6.92 Å². The average molecular weight is 375 g/mol. The van der Waals surface area contributed by atoms with E-state index in [-0.39, 0.29) is 0 Å². The number of amides is 1. The third-order valence-electron chi connectivity index (χ3n) is 4.27. The lowest BCUT2D eigenvalue weighted by molar-refractivity contribution is -0.162. The molecule has 5 nitrogen and oxygen atoms in total. The number of para-hydroxylation sites is 1. The third kappa shape index (κ3) is 4.64. The van der Waals surface area contributed by atoms with Crippen molar-refractivity contribution < 1.29 is 19.4 Å². The van der Waals surface area contributed by atoms with E-state index in [9.17, 15) is 14.7 Å². The van der Waals surface area contributed by atoms with Crippen molar-refractivity contribution >= 4 is 17.6 Å². The third-order valence-corrected chi connectivity index (χ3v) is 4.27. The van der Waals surface area contributed by atoms with Crippen LogP contribution in [0.25, 0.3) is 11.1 Å². The summed E-state index contributed by atoms with van der Waals surface area (Å²) in [5, 5.41) is 12.9. The maximum atomic E-state index is 12.5. The smallest absolute Gasteiger partial charge is 0.340 e. The normalized spacial score (nSPS) is 12.6. The number of hydrogen-bond acceptors (Lipinski definition) is 4. The molecule has 0 heterocycles. The Hall–Kier alpha value is -3.44. The number of nitrogens with one attached hydrogen (secondary N) is 1. The number of ether oxygens (including phenoxy) is 1. The SMILES string of the molecule is C[C@H](OC(=O)[C@@H](O)c1ccccc1)C(=O)Nc1ccccc1-c1ccccc1. The summed E-state index contributed by atoms with van der Waals surface area (Å²) in [5.41, 5.74) is 2.85. The average Bonchev–Trinajstić information content (AvgIpc) is 2.74. The highest BCUT2D eigenvalue weighted by atomic mass is 16.6. The lowest BCUT2D eigenvalue weighted by atomic mass is 10.0. The molecule has 0 aliphatic carbocycles. The second-order valence-electron chi connectivity index (χ2n) is 6.29. The number of anilines is 1. The summed E-state index contributed by atoms with van der Waals surface area (Å²) in [6, 6.07) is 25.5. The Morgan fingerprint density at radius 1 is 0.857 bits per heavy atom. The van der Waals surface area contributed by atoms with Gasteiger partial charge in [0.25, 0.3) is 5.91 Å². The molecule has 0 aromatic heterocycles. The fourth-order valence-corrected chi connectivity index (χ4v) is 2.76. The Morgan fingerprint density at radius 2 is 1.43 bits per heavy atom. The van der Waals surface area contributed by atoms with Crippen LogP contribution in [0.15, 0.2) is 84.9 Å². The fourth-order valence-electron chi connectivity index (χ4n) is 2.76. The summed E-state index contributed by atoms with van der Waals surface area (Å²) in [7, 11) is 0. The van der Waals surface area contributed by atoms with Gasteiger partial charge in [0.15, 0.2) is 12.2 Å². The van der Waals surface area contributed by atoms with Crippen LogP contribution in [0.1, 0.15) is 18.6 Å². The molecule has 1 amide bonds. The second kappa shape index (κ2) is 8.97. The van der Waals surface area contributed by atoms with E-state index in [1.807, 2.05) is 48.5 Å². The Balaban J connectivity index is 1.68. The first-order valence-corrected chi connectivity index (χ1v) is 8.95. The molecular weight excluding hydrogens is 354 g/mol. The molecule has 2 N–H and O–H groups in total. The van der Waals surface area contributed by atoms with Gasteiger partial charge in [-0.1, -0.05) is 78.9 Å². The summed E-state index contributed by atoms with van der Waals surface area (Å²) < 4.78 is 5.15. The van der Waals surface area contributed by atoms with E-state index in [0.717, 1.165) is 11.1 Å². The van der Waals surface area contributed by atoms with Crippen LogP contribution in [0.3, 0.4) is 0 Å². The Kier molecular flexibility index (Phi) is 6.19. The molecule has 3 aromatic rings. The molecule has 2 atom stereocenters. The maximum Gasteiger partial charge on any atom is 0.340 e. The first-order chi connectivity index (χ1) is 13.6. The summed E-state index contributed by atoms with van der Waals surface area (Å²) >= 11 is 0. The number of benzene rings is 3. The fraction of sp³-hybridized carbons (Fsp3) is 0.130. The summed E-state index contributed by atoms with van der Waals surface area (Å²) in [5.74, 6) is -1.35. The van der Waals surface area contributed by atoms with E-state index < -0.39 is 24.1 Å². The molecule has 142 valence electrons. The Morgan fingerprint density at radius 3 is 2.11 bits per heavy atom. The number of rotatable bonds is 6. The molecule has 0 spiro atoms. The first-order valence-electron chi connectivity index (χ1n) is 8.95. The predicted octanol–water partition coefficient (Wildman–Crippen LogP) is 3.96. The molecule has 0 aliphatic heterocycles. The van der Waals surface area contributed by atoms with Crippen molar-refractivity contribution in [2.75, 3.05) is 5.32 Å². The van der Waals surface area contributed by atoms with Crippen LogP contribution >= 0.6 is 0 Å². The van der Waals surface area contributed by atoms with Gasteiger partial charge in [0, 0.05) is 11.3 Å². The van der Waals surface area contributed by atoms with Gasteiger partial charge < -0.3 is 15.2 Å². The van der Waals surface area contributed by atoms with Gasteiger partial charge in [0.2, 0.25) is 0 Å². The zero-order valence-corrected chi connectivity index (χ0v) is 15.4. The van der Waals surface area contributed by atoms with E-state index in [4.69, 9.17) is 4.74 Å². The highest BCUT2D eigenvalue weighted by Crippen LogP contribution is 2.27. The molecule has 0 bridgehead atoms. The summed E-state index contributed by atoms with van der Waals surface area (Å²) in [4.78, 5) is 24.7. The van der Waals surface area contributed by atoms with Gasteiger partial charge in [-0.3, -0.25) is 4.79 Å². The molecule has 3 rings (SSSR count). The van der Waals surface area contributed by atoms with Crippen molar-refractivity contribution in [3.63, 3.8) is 0 Å². The molecule has 0 saturated heterocycles. The van der Waals surface area contributed by atoms with Crippen molar-refractivity contribution in [2.24, 2.45) is 0 Å². The van der Waals surface area contributed by atoms with Crippen molar-refractivity contribution in [3.05, 3.63) is 90.5 Å². The molecule has 0 fully saturated rings. The molecule has 0 saturated carbocycles. The Labute approximate surface area is 163 Å². The molecule has 28 heavy (non-hydrogen) atoms. The first kappa shape index (κ1) is 19.3. The number of hydrogen-bond donors (Lipinski definition) is 2. The van der Waals surface area contributed by atoms with E-state index in [1.54, 1.807) is 36.4 Å². The van der Waals surface area contributed by atoms with Crippen molar-refractivity contribution in [1.82, 2.24) is 0 Å². The minimum absolute atomic E-state index is 0.412. The van der Waals surface area contributed by atoms with Gasteiger partial charge >= 0.3 is 5.97 Å². The van der Waals surface area contributed by atoms with Crippen LogP contribution in [0.2, 0.25) is 0 Å². The van der Waals surface area contributed by atoms with Crippen LogP contribution in [-0.4, -0.2) is 23.1 Å². The molecule has 5 heteroatoms. The van der Waals surface area contributed by atoms with Crippen LogP contribution in [0.4, 0.5) is 5.69 Å². The standard InChI is InChI=1S/C23H21NO4/c1-16(28-23(27)21(25)18-12-6-3-7-13-18)22(26)24-20-15-9-8-14-19(20)17-10-4-2-5-11-17/h2-16,21,25H,1H3,(H,24,26)/t16-,21-/m0/s1. The number of esters is 1. The van der Waals surface area contributed by atoms with Gasteiger partial charge in [-0.15, -0.1) is 0 Å². The van der Waals surface area contributed by atoms with Gasteiger partial charge in [-0.2, -0.15) is 0 Å². The predicted molar refractivity (Wildman–Crippen MR) is 107 cm³/mol. The van der Waals surface area contributed by atoms with Crippen LogP contribution in [-0.2, 0) is 14.3 Å². The largest absolute Gasteiger partial charge is 0.450 e. The van der Waals surface area contributed by atoms with Crippen LogP contribution in [0.5, 0.6) is 0 Å². The zero-order valence-electron chi connectivity index (χ0n) is 15.4. The lowest BCUT2D eigenvalue weighted by Crippen LogP contribution is -2.32. The number of carbonyl (C=O) groups is 2. The van der Waals surface area contributed by atoms with Crippen LogP contribution in [0, 0.1) is 0 Å². The van der Waals surface area contributed by atoms with Crippen molar-refractivity contribution in [1.29, 1.82) is 0 Å². The number of aliphatic hydroxyl groups is 1. The molecular formula is C23H21NO4. The highest BCUT2D eigenvalue weighted by Gasteiger charge is 2.24. The van der Waals surface area contributed by atoms with Gasteiger partial charge in [-0.05, 0) is 24.1 Å². The van der Waals surface area contributed by atoms with Gasteiger partial charge in [0.05, 0.1) is 0 Å². The summed E-state index contributed by atoms with van der Waals surface area (Å²) in [6.07, 6.45) is -2.50. The van der Waals surface area contributed by atoms with E-state index >= 15 is 0 Å². The Bertz CT molecular complexity index is 941. The quantitative estimate of drug-likeness (QED) is 0.640. The molecule has 0 unspecified atom stereocenters. The van der Waals surface area contributed by atoms with Crippen LogP contribution < -0.4 is 5.32 Å². The van der Waals surface area contributed by atoms with Gasteiger partial charge in [0.1, 0.15) is 0 Å². The minimum atomic E-state index is -1.44. The lowest BCUT2D eigenvalue weighted by Gasteiger charge is -2.17. The van der Waals surface area contributed by atoms with Crippen molar-refractivity contribution in [3.8, 4) is 11.1 Å². The highest BCUT2D eigenvalue weighted by molar-refractivity contribution is 5.98. The zero-order chi connectivity index (χ0) is 19.9. The number of carbonyl (C=O) groups excluding carboxylic acids is 2. The molecule has 0 radical (unpaired) electrons. The van der Waals surface area contributed by atoms with Crippen molar-refractivity contribution in [2.45, 2.75) is 19.1 Å². The minimum Gasteiger partial charge on any atom is -0.450 e. The number of aliphatic hydroxyl groups excluding tert-OH is 1. The second-order valence-corrected chi connectivity index (χ2v) is 6.29. The monoisotopic (exact) mass is 375 g/mol. The maximum absolute atomic E-state index is 12.5. The molecule has 0 aliphatic rings. The molecule has 3 aromatic carbocycles. The van der Waals surface area contributed by atoms with E-state index in [2.05, 4.69) is 5.32 Å². The summed E-state index contributed by atoms with van der Waals surface area (Å²) in [6.45, 7) is 1.47.